The largest absolute Gasteiger partial charge is 0.348 e. The molecule has 7 heteroatoms. The van der Waals surface area contributed by atoms with Crippen LogP contribution < -0.4 is 5.32 Å². The van der Waals surface area contributed by atoms with Gasteiger partial charge in [-0.2, -0.15) is 0 Å². The maximum Gasteiger partial charge on any atom is 0.261 e. The van der Waals surface area contributed by atoms with Gasteiger partial charge in [-0.25, -0.2) is 0 Å². The monoisotopic (exact) mass is 471 g/mol. The van der Waals surface area contributed by atoms with Crippen molar-refractivity contribution in [3.63, 3.8) is 0 Å². The van der Waals surface area contributed by atoms with E-state index < -0.39 is 0 Å². The molecule has 1 saturated carbocycles. The first-order valence-electron chi connectivity index (χ1n) is 12.4. The molecule has 5 radical (unpaired) electrons. The number of benzene rings is 2. The number of rotatable bonds is 9. The van der Waals surface area contributed by atoms with Gasteiger partial charge in [-0.3, -0.25) is 19.3 Å². The van der Waals surface area contributed by atoms with Crippen LogP contribution in [0.5, 0.6) is 0 Å². The predicted molar refractivity (Wildman–Crippen MR) is 135 cm³/mol. The van der Waals surface area contributed by atoms with Gasteiger partial charge in [0.15, 0.2) is 0 Å². The molecule has 2 heterocycles. The third-order valence-electron chi connectivity index (χ3n) is 7.00. The first-order valence-corrected chi connectivity index (χ1v) is 12.4. The Hall–Kier alpha value is -2.77. The molecule has 0 spiro atoms. The Morgan fingerprint density at radius 2 is 1.34 bits per heavy atom. The van der Waals surface area contributed by atoms with E-state index in [0.29, 0.717) is 24.1 Å². The average molecular weight is 472 g/mol. The summed E-state index contributed by atoms with van der Waals surface area (Å²) >= 11 is 0. The van der Waals surface area contributed by atoms with Gasteiger partial charge in [0.2, 0.25) is 5.91 Å². The van der Waals surface area contributed by atoms with Crippen molar-refractivity contribution in [1.82, 2.24) is 20.0 Å². The van der Waals surface area contributed by atoms with Gasteiger partial charge >= 0.3 is 0 Å². The minimum Gasteiger partial charge on any atom is -0.348 e. The molecule has 2 aromatic carbocycles. The summed E-state index contributed by atoms with van der Waals surface area (Å²) in [5.41, 5.74) is 1.24. The van der Waals surface area contributed by atoms with E-state index >= 15 is 0 Å². The predicted octanol–water partition coefficient (Wildman–Crippen LogP) is 2.70. The van der Waals surface area contributed by atoms with Crippen LogP contribution >= 0.6 is 0 Å². The minimum absolute atomic E-state index is 0.0653. The molecule has 1 aliphatic carbocycles. The number of hydrogen-bond donors (Lipinski definition) is 1. The fraction of sp³-hybridized carbons (Fsp3) is 0.357. The standard InChI is InChI=1S/C28H31N4O3/c33-25(29-22-9-1-2-10-22)13-5-14-30-17-19-31(20-18-30)15-6-16-32-27(34)23-11-3-7-21-8-4-12-24(26(21)23)28(32)35/h1-4,7-12H,5-6,13-20H2,(H,29,33). The van der Waals surface area contributed by atoms with Crippen molar-refractivity contribution < 1.29 is 14.4 Å². The first kappa shape index (κ1) is 23.9. The van der Waals surface area contributed by atoms with Crippen molar-refractivity contribution in [2.75, 3.05) is 45.8 Å². The van der Waals surface area contributed by atoms with Gasteiger partial charge in [0.25, 0.3) is 11.8 Å². The molecule has 181 valence electrons. The van der Waals surface area contributed by atoms with Crippen LogP contribution in [0.25, 0.3) is 10.8 Å². The Labute approximate surface area is 207 Å². The van der Waals surface area contributed by atoms with Crippen LogP contribution in [0.15, 0.2) is 36.4 Å². The molecule has 3 aliphatic rings. The van der Waals surface area contributed by atoms with Crippen molar-refractivity contribution in [1.29, 1.82) is 0 Å². The molecule has 3 amide bonds. The SMILES string of the molecule is O=C(CCCN1CCN(CCCN2C(=O)c3cccc4cccc(c34)C2=O)CC1)N[C]1[CH][CH][CH][CH]1. The van der Waals surface area contributed by atoms with Crippen LogP contribution in [-0.4, -0.2) is 78.2 Å². The zero-order valence-corrected chi connectivity index (χ0v) is 19.9. The number of carbonyl (C=O) groups is 3. The third-order valence-corrected chi connectivity index (χ3v) is 7.00. The quantitative estimate of drug-likeness (QED) is 0.570. The smallest absolute Gasteiger partial charge is 0.261 e. The van der Waals surface area contributed by atoms with Crippen molar-refractivity contribution in [2.24, 2.45) is 0 Å². The molecule has 1 N–H and O–H groups in total. The summed E-state index contributed by atoms with van der Waals surface area (Å²) in [7, 11) is 0. The third kappa shape index (κ3) is 5.41. The second-order valence-electron chi connectivity index (χ2n) is 9.33. The Balaban J connectivity index is 1.03. The van der Waals surface area contributed by atoms with E-state index in [1.54, 1.807) is 0 Å². The normalized spacial score (nSPS) is 19.6. The molecule has 1 saturated heterocycles. The van der Waals surface area contributed by atoms with E-state index in [1.165, 1.54) is 4.90 Å². The number of piperazine rings is 1. The summed E-state index contributed by atoms with van der Waals surface area (Å²) in [6.07, 6.45) is 9.76. The summed E-state index contributed by atoms with van der Waals surface area (Å²) in [6.45, 7) is 6.08. The molecule has 2 aromatic rings. The Bertz CT molecular complexity index is 1040. The van der Waals surface area contributed by atoms with Gasteiger partial charge in [-0.15, -0.1) is 0 Å². The average Bonchev–Trinajstić information content (AvgIpc) is 3.38. The highest BCUT2D eigenvalue weighted by atomic mass is 16.2. The minimum atomic E-state index is -0.188. The number of hydrogen-bond acceptors (Lipinski definition) is 5. The number of imide groups is 1. The lowest BCUT2D eigenvalue weighted by atomic mass is 9.94. The first-order chi connectivity index (χ1) is 17.1. The van der Waals surface area contributed by atoms with E-state index in [1.807, 2.05) is 62.1 Å². The van der Waals surface area contributed by atoms with E-state index in [9.17, 15) is 14.4 Å². The van der Waals surface area contributed by atoms with Gasteiger partial charge in [-0.1, -0.05) is 24.3 Å². The van der Waals surface area contributed by atoms with Crippen LogP contribution in [0, 0.1) is 31.7 Å². The number of amides is 3. The molecule has 2 fully saturated rings. The van der Waals surface area contributed by atoms with Crippen molar-refractivity contribution >= 4 is 28.5 Å². The van der Waals surface area contributed by atoms with Gasteiger partial charge in [-0.05, 0) is 69.1 Å². The zero-order chi connectivity index (χ0) is 24.2. The molecule has 5 rings (SSSR count). The molecule has 2 aliphatic heterocycles. The highest BCUT2D eigenvalue weighted by Crippen LogP contribution is 2.30. The highest BCUT2D eigenvalue weighted by molar-refractivity contribution is 6.25. The van der Waals surface area contributed by atoms with Gasteiger partial charge < -0.3 is 15.1 Å². The maximum atomic E-state index is 13.0. The molecule has 0 atom stereocenters. The molecular formula is C28H31N4O3. The Morgan fingerprint density at radius 3 is 1.94 bits per heavy atom. The van der Waals surface area contributed by atoms with E-state index in [-0.39, 0.29) is 17.7 Å². The van der Waals surface area contributed by atoms with Crippen LogP contribution in [-0.2, 0) is 4.79 Å². The lowest BCUT2D eigenvalue weighted by Gasteiger charge is -2.35. The maximum absolute atomic E-state index is 13.0. The fourth-order valence-electron chi connectivity index (χ4n) is 5.12. The summed E-state index contributed by atoms with van der Waals surface area (Å²) < 4.78 is 0. The van der Waals surface area contributed by atoms with E-state index in [2.05, 4.69) is 15.1 Å². The van der Waals surface area contributed by atoms with Crippen LogP contribution in [0.4, 0.5) is 0 Å². The van der Waals surface area contributed by atoms with E-state index in [0.717, 1.165) is 68.9 Å². The lowest BCUT2D eigenvalue weighted by molar-refractivity contribution is -0.120. The summed E-state index contributed by atoms with van der Waals surface area (Å²) in [6, 6.07) is 12.1. The van der Waals surface area contributed by atoms with Crippen LogP contribution in [0.2, 0.25) is 0 Å². The molecule has 35 heavy (non-hydrogen) atoms. The second-order valence-corrected chi connectivity index (χ2v) is 9.33. The molecular weight excluding hydrogens is 440 g/mol. The van der Waals surface area contributed by atoms with E-state index in [4.69, 9.17) is 0 Å². The van der Waals surface area contributed by atoms with Crippen molar-refractivity contribution in [3.05, 3.63) is 79.3 Å². The lowest BCUT2D eigenvalue weighted by Crippen LogP contribution is -2.47. The second kappa shape index (κ2) is 10.9. The highest BCUT2D eigenvalue weighted by Gasteiger charge is 2.32. The Morgan fingerprint density at radius 1 is 0.771 bits per heavy atom. The van der Waals surface area contributed by atoms with Crippen molar-refractivity contribution in [2.45, 2.75) is 19.3 Å². The van der Waals surface area contributed by atoms with Crippen LogP contribution in [0.1, 0.15) is 40.0 Å². The van der Waals surface area contributed by atoms with Crippen LogP contribution in [0.3, 0.4) is 0 Å². The molecule has 0 bridgehead atoms. The fourth-order valence-corrected chi connectivity index (χ4v) is 5.12. The molecule has 7 nitrogen and oxygen atoms in total. The summed E-state index contributed by atoms with van der Waals surface area (Å²) in [5, 5.41) is 4.63. The topological polar surface area (TPSA) is 73.0 Å². The summed E-state index contributed by atoms with van der Waals surface area (Å²) in [5.74, 6) is -0.312. The zero-order valence-electron chi connectivity index (χ0n) is 19.9. The van der Waals surface area contributed by atoms with Gasteiger partial charge in [0.05, 0.1) is 6.04 Å². The number of carbonyl (C=O) groups excluding carboxylic acids is 3. The summed E-state index contributed by atoms with van der Waals surface area (Å²) in [4.78, 5) is 44.3. The molecule has 0 unspecified atom stereocenters. The van der Waals surface area contributed by atoms with Gasteiger partial charge in [0.1, 0.15) is 0 Å². The van der Waals surface area contributed by atoms with Gasteiger partial charge in [0, 0.05) is 55.7 Å². The molecule has 0 aromatic heterocycles. The number of nitrogens with one attached hydrogen (secondary N) is 1. The Kier molecular flexibility index (Phi) is 7.44. The van der Waals surface area contributed by atoms with Crippen molar-refractivity contribution in [3.8, 4) is 0 Å². The number of nitrogens with zero attached hydrogens (tertiary/aromatic N) is 3.